The van der Waals surface area contributed by atoms with Crippen LogP contribution in [0.4, 0.5) is 4.39 Å². The molecule has 1 heterocycles. The molecule has 2 fully saturated rings. The van der Waals surface area contributed by atoms with Gasteiger partial charge in [-0.2, -0.15) is 0 Å². The summed E-state index contributed by atoms with van der Waals surface area (Å²) in [7, 11) is 0. The number of halogens is 2. The van der Waals surface area contributed by atoms with E-state index in [0.717, 1.165) is 4.90 Å². The Bertz CT molecular complexity index is 874. The van der Waals surface area contributed by atoms with E-state index in [1.54, 1.807) is 24.3 Å². The summed E-state index contributed by atoms with van der Waals surface area (Å²) in [6.45, 7) is 3.77. The van der Waals surface area contributed by atoms with Crippen molar-refractivity contribution in [3.8, 4) is 0 Å². The number of rotatable bonds is 4. The first kappa shape index (κ1) is 19.7. The molecule has 0 aromatic heterocycles. The Kier molecular flexibility index (Phi) is 5.40. The standard InChI is InChI=1S/C21H21ClFNO3S/c1-21(2)26-16-10-13(11-17(16)27-21)24-20(25)19-15(23)4-3-5-18(19)28-14-8-6-12(22)7-9-14/h3-9,13,16-17H,10-11H2,1-2H3,(H,24,25)/t13?,16-,17+. The quantitative estimate of drug-likeness (QED) is 0.751. The molecule has 2 aliphatic rings. The first-order chi connectivity index (χ1) is 13.3. The first-order valence-electron chi connectivity index (χ1n) is 9.19. The Morgan fingerprint density at radius 3 is 2.43 bits per heavy atom. The summed E-state index contributed by atoms with van der Waals surface area (Å²) < 4.78 is 26.3. The summed E-state index contributed by atoms with van der Waals surface area (Å²) in [5.41, 5.74) is 0.0571. The SMILES string of the molecule is CC1(C)O[C@H]2CC(NC(=O)c3c(F)cccc3Sc3ccc(Cl)cc3)C[C@H]2O1. The molecule has 1 aliphatic heterocycles. The fraction of sp³-hybridized carbons (Fsp3) is 0.381. The normalized spacial score (nSPS) is 25.5. The molecule has 3 atom stereocenters. The molecule has 0 radical (unpaired) electrons. The van der Waals surface area contributed by atoms with Gasteiger partial charge in [0, 0.05) is 20.9 Å². The van der Waals surface area contributed by atoms with E-state index in [-0.39, 0.29) is 23.8 Å². The van der Waals surface area contributed by atoms with Gasteiger partial charge in [0.25, 0.3) is 5.91 Å². The second-order valence-electron chi connectivity index (χ2n) is 7.52. The van der Waals surface area contributed by atoms with Crippen molar-refractivity contribution >= 4 is 29.3 Å². The maximum atomic E-state index is 14.5. The molecule has 1 unspecified atom stereocenters. The minimum atomic E-state index is -0.585. The van der Waals surface area contributed by atoms with Crippen LogP contribution in [-0.4, -0.2) is 29.9 Å². The number of fused-ring (bicyclic) bond motifs is 1. The predicted molar refractivity (Wildman–Crippen MR) is 106 cm³/mol. The van der Waals surface area contributed by atoms with Crippen LogP contribution in [-0.2, 0) is 9.47 Å². The van der Waals surface area contributed by atoms with Crippen LogP contribution >= 0.6 is 23.4 Å². The fourth-order valence-corrected chi connectivity index (χ4v) is 4.87. The van der Waals surface area contributed by atoms with Gasteiger partial charge in [-0.3, -0.25) is 4.79 Å². The minimum absolute atomic E-state index is 0.0381. The zero-order valence-electron chi connectivity index (χ0n) is 15.6. The Hall–Kier alpha value is -1.60. The van der Waals surface area contributed by atoms with Crippen LogP contribution in [0, 0.1) is 5.82 Å². The monoisotopic (exact) mass is 421 g/mol. The van der Waals surface area contributed by atoms with Crippen molar-refractivity contribution in [3.05, 3.63) is 58.9 Å². The summed E-state index contributed by atoms with van der Waals surface area (Å²) >= 11 is 7.25. The van der Waals surface area contributed by atoms with Crippen molar-refractivity contribution in [2.45, 2.75) is 60.5 Å². The Morgan fingerprint density at radius 2 is 1.79 bits per heavy atom. The van der Waals surface area contributed by atoms with Crippen LogP contribution in [0.15, 0.2) is 52.3 Å². The number of amides is 1. The van der Waals surface area contributed by atoms with Crippen LogP contribution < -0.4 is 5.32 Å². The first-order valence-corrected chi connectivity index (χ1v) is 10.4. The highest BCUT2D eigenvalue weighted by molar-refractivity contribution is 7.99. The highest BCUT2D eigenvalue weighted by Crippen LogP contribution is 2.38. The van der Waals surface area contributed by atoms with E-state index in [4.69, 9.17) is 21.1 Å². The van der Waals surface area contributed by atoms with E-state index in [1.807, 2.05) is 26.0 Å². The van der Waals surface area contributed by atoms with Crippen molar-refractivity contribution in [2.75, 3.05) is 0 Å². The zero-order chi connectivity index (χ0) is 19.9. The second kappa shape index (κ2) is 7.67. The number of nitrogens with one attached hydrogen (secondary N) is 1. The smallest absolute Gasteiger partial charge is 0.255 e. The van der Waals surface area contributed by atoms with Crippen molar-refractivity contribution in [1.82, 2.24) is 5.32 Å². The molecular weight excluding hydrogens is 401 g/mol. The number of carbonyl (C=O) groups excluding carboxylic acids is 1. The van der Waals surface area contributed by atoms with Gasteiger partial charge in [0.05, 0.1) is 17.8 Å². The van der Waals surface area contributed by atoms with Crippen LogP contribution in [0.5, 0.6) is 0 Å². The van der Waals surface area contributed by atoms with Crippen molar-refractivity contribution in [2.24, 2.45) is 0 Å². The van der Waals surface area contributed by atoms with E-state index in [0.29, 0.717) is 22.8 Å². The van der Waals surface area contributed by atoms with E-state index < -0.39 is 17.5 Å². The molecule has 28 heavy (non-hydrogen) atoms. The lowest BCUT2D eigenvalue weighted by Gasteiger charge is -2.21. The summed E-state index contributed by atoms with van der Waals surface area (Å²) in [4.78, 5) is 14.3. The molecule has 4 nitrogen and oxygen atoms in total. The Morgan fingerprint density at radius 1 is 1.14 bits per heavy atom. The highest BCUT2D eigenvalue weighted by Gasteiger charge is 2.47. The van der Waals surface area contributed by atoms with E-state index in [2.05, 4.69) is 5.32 Å². The molecule has 0 bridgehead atoms. The lowest BCUT2D eigenvalue weighted by molar-refractivity contribution is -0.152. The number of hydrogen-bond donors (Lipinski definition) is 1. The van der Waals surface area contributed by atoms with Gasteiger partial charge in [-0.05, 0) is 63.1 Å². The van der Waals surface area contributed by atoms with Crippen LogP contribution in [0.3, 0.4) is 0 Å². The van der Waals surface area contributed by atoms with Crippen molar-refractivity contribution < 1.29 is 18.7 Å². The summed E-state index contributed by atoms with van der Waals surface area (Å²) in [6.07, 6.45) is 1.25. The summed E-state index contributed by atoms with van der Waals surface area (Å²) in [5.74, 6) is -1.54. The molecule has 2 aromatic rings. The molecule has 1 saturated carbocycles. The van der Waals surface area contributed by atoms with Gasteiger partial charge >= 0.3 is 0 Å². The maximum Gasteiger partial charge on any atom is 0.255 e. The molecule has 148 valence electrons. The largest absolute Gasteiger partial charge is 0.349 e. The molecule has 1 N–H and O–H groups in total. The third kappa shape index (κ3) is 4.20. The van der Waals surface area contributed by atoms with Crippen molar-refractivity contribution in [3.63, 3.8) is 0 Å². The molecule has 0 spiro atoms. The fourth-order valence-electron chi connectivity index (χ4n) is 3.78. The topological polar surface area (TPSA) is 47.6 Å². The lowest BCUT2D eigenvalue weighted by Crippen LogP contribution is -2.36. The van der Waals surface area contributed by atoms with Gasteiger partial charge in [-0.25, -0.2) is 4.39 Å². The van der Waals surface area contributed by atoms with Crippen LogP contribution in [0.25, 0.3) is 0 Å². The van der Waals surface area contributed by atoms with Gasteiger partial charge in [-0.15, -0.1) is 0 Å². The molecule has 1 saturated heterocycles. The van der Waals surface area contributed by atoms with Crippen LogP contribution in [0.1, 0.15) is 37.0 Å². The average Bonchev–Trinajstić information content (AvgIpc) is 3.09. The molecular formula is C21H21ClFNO3S. The number of benzene rings is 2. The van der Waals surface area contributed by atoms with Gasteiger partial charge in [0.15, 0.2) is 5.79 Å². The van der Waals surface area contributed by atoms with Gasteiger partial charge in [-0.1, -0.05) is 29.4 Å². The van der Waals surface area contributed by atoms with Crippen molar-refractivity contribution in [1.29, 1.82) is 0 Å². The molecule has 1 amide bonds. The lowest BCUT2D eigenvalue weighted by atomic mass is 10.1. The van der Waals surface area contributed by atoms with Gasteiger partial charge < -0.3 is 14.8 Å². The minimum Gasteiger partial charge on any atom is -0.349 e. The molecule has 2 aromatic carbocycles. The number of carbonyl (C=O) groups is 1. The van der Waals surface area contributed by atoms with Gasteiger partial charge in [0.1, 0.15) is 5.82 Å². The average molecular weight is 422 g/mol. The second-order valence-corrected chi connectivity index (χ2v) is 9.07. The molecule has 4 rings (SSSR count). The zero-order valence-corrected chi connectivity index (χ0v) is 17.1. The number of hydrogen-bond acceptors (Lipinski definition) is 4. The van der Waals surface area contributed by atoms with E-state index in [1.165, 1.54) is 17.8 Å². The maximum absolute atomic E-state index is 14.5. The van der Waals surface area contributed by atoms with Crippen LogP contribution in [0.2, 0.25) is 5.02 Å². The van der Waals surface area contributed by atoms with E-state index in [9.17, 15) is 9.18 Å². The molecule has 1 aliphatic carbocycles. The Labute approximate surface area is 172 Å². The summed E-state index contributed by atoms with van der Waals surface area (Å²) in [5, 5.41) is 3.58. The predicted octanol–water partition coefficient (Wildman–Crippen LogP) is 5.04. The Balaban J connectivity index is 1.48. The van der Waals surface area contributed by atoms with Gasteiger partial charge in [0.2, 0.25) is 0 Å². The summed E-state index contributed by atoms with van der Waals surface area (Å²) in [6, 6.07) is 11.8. The third-order valence-electron chi connectivity index (χ3n) is 4.90. The number of ether oxygens (including phenoxy) is 2. The molecule has 7 heteroatoms. The highest BCUT2D eigenvalue weighted by atomic mass is 35.5. The van der Waals surface area contributed by atoms with E-state index >= 15 is 0 Å². The third-order valence-corrected chi connectivity index (χ3v) is 6.22.